The van der Waals surface area contributed by atoms with Crippen molar-refractivity contribution in [2.24, 2.45) is 5.92 Å². The van der Waals surface area contributed by atoms with Crippen LogP contribution >= 0.6 is 0 Å². The number of aliphatic hydroxyl groups is 1. The number of carbonyl (C=O) groups is 1. The van der Waals surface area contributed by atoms with Gasteiger partial charge in [0, 0.05) is 5.56 Å². The maximum Gasteiger partial charge on any atom is 0.306 e. The predicted molar refractivity (Wildman–Crippen MR) is 57.3 cm³/mol. The molecule has 0 radical (unpaired) electrons. The molecule has 1 aromatic rings. The minimum absolute atomic E-state index is 0.253. The highest BCUT2D eigenvalue weighted by Gasteiger charge is 2.48. The van der Waals surface area contributed by atoms with Crippen molar-refractivity contribution in [2.45, 2.75) is 18.4 Å². The third kappa shape index (κ3) is 1.65. The summed E-state index contributed by atoms with van der Waals surface area (Å²) in [6, 6.07) is 7.17. The Labute approximate surface area is 93.5 Å². The molecule has 4 nitrogen and oxygen atoms in total. The number of carboxylic acids is 1. The highest BCUT2D eigenvalue weighted by molar-refractivity contribution is 5.72. The maximum atomic E-state index is 10.7. The zero-order valence-corrected chi connectivity index (χ0v) is 9.01. The first-order valence-corrected chi connectivity index (χ1v) is 5.15. The van der Waals surface area contributed by atoms with Crippen molar-refractivity contribution in [3.63, 3.8) is 0 Å². The zero-order chi connectivity index (χ0) is 11.8. The van der Waals surface area contributed by atoms with E-state index in [9.17, 15) is 9.90 Å². The molecule has 1 fully saturated rings. The molecule has 86 valence electrons. The van der Waals surface area contributed by atoms with Crippen molar-refractivity contribution in [3.05, 3.63) is 29.8 Å². The van der Waals surface area contributed by atoms with Crippen LogP contribution in [0.5, 0.6) is 5.75 Å². The van der Waals surface area contributed by atoms with Crippen molar-refractivity contribution < 1.29 is 19.7 Å². The van der Waals surface area contributed by atoms with Crippen LogP contribution in [0.25, 0.3) is 0 Å². The standard InChI is InChI=1S/C12H14O4/c1-16-10-5-3-2-4-9(10)12(15)6-8(7-12)11(13)14/h2-5,8,15H,6-7H2,1H3,(H,13,14). The minimum atomic E-state index is -1.05. The highest BCUT2D eigenvalue weighted by Crippen LogP contribution is 2.48. The molecule has 0 saturated heterocycles. The molecule has 0 atom stereocenters. The van der Waals surface area contributed by atoms with Crippen molar-refractivity contribution in [2.75, 3.05) is 7.11 Å². The third-order valence-corrected chi connectivity index (χ3v) is 3.13. The van der Waals surface area contributed by atoms with Crippen LogP contribution in [-0.2, 0) is 10.4 Å². The maximum absolute atomic E-state index is 10.7. The van der Waals surface area contributed by atoms with E-state index < -0.39 is 17.5 Å². The molecule has 0 unspecified atom stereocenters. The second kappa shape index (κ2) is 3.79. The number of ether oxygens (including phenoxy) is 1. The number of benzene rings is 1. The Bertz CT molecular complexity index is 407. The summed E-state index contributed by atoms with van der Waals surface area (Å²) < 4.78 is 5.16. The molecule has 0 bridgehead atoms. The van der Waals surface area contributed by atoms with Crippen LogP contribution < -0.4 is 4.74 Å². The predicted octanol–water partition coefficient (Wildman–Crippen LogP) is 1.38. The fourth-order valence-electron chi connectivity index (χ4n) is 2.18. The van der Waals surface area contributed by atoms with Gasteiger partial charge in [-0.15, -0.1) is 0 Å². The molecule has 1 aromatic carbocycles. The smallest absolute Gasteiger partial charge is 0.306 e. The molecule has 4 heteroatoms. The number of rotatable bonds is 3. The van der Waals surface area contributed by atoms with Gasteiger partial charge in [0.25, 0.3) is 0 Å². The molecule has 1 aliphatic rings. The number of aliphatic carboxylic acids is 1. The fourth-order valence-corrected chi connectivity index (χ4v) is 2.18. The van der Waals surface area contributed by atoms with Gasteiger partial charge in [0.1, 0.15) is 5.75 Å². The van der Waals surface area contributed by atoms with Crippen LogP contribution in [-0.4, -0.2) is 23.3 Å². The van der Waals surface area contributed by atoms with Crippen molar-refractivity contribution in [1.29, 1.82) is 0 Å². The Morgan fingerprint density at radius 2 is 2.06 bits per heavy atom. The number of hydrogen-bond acceptors (Lipinski definition) is 3. The van der Waals surface area contributed by atoms with Gasteiger partial charge in [0.2, 0.25) is 0 Å². The topological polar surface area (TPSA) is 66.8 Å². The van der Waals surface area contributed by atoms with Gasteiger partial charge in [-0.25, -0.2) is 0 Å². The summed E-state index contributed by atoms with van der Waals surface area (Å²) in [6.45, 7) is 0. The van der Waals surface area contributed by atoms with Gasteiger partial charge < -0.3 is 14.9 Å². The summed E-state index contributed by atoms with van der Waals surface area (Å²) >= 11 is 0. The molecule has 0 spiro atoms. The van der Waals surface area contributed by atoms with Crippen LogP contribution in [0.15, 0.2) is 24.3 Å². The Kier molecular flexibility index (Phi) is 2.59. The van der Waals surface area contributed by atoms with E-state index in [4.69, 9.17) is 9.84 Å². The van der Waals surface area contributed by atoms with Crippen molar-refractivity contribution in [3.8, 4) is 5.75 Å². The normalized spacial score (nSPS) is 28.2. The van der Waals surface area contributed by atoms with Gasteiger partial charge in [0.15, 0.2) is 0 Å². The number of para-hydroxylation sites is 1. The largest absolute Gasteiger partial charge is 0.496 e. The first kappa shape index (κ1) is 11.0. The molecule has 0 heterocycles. The zero-order valence-electron chi connectivity index (χ0n) is 9.01. The van der Waals surface area contributed by atoms with Crippen LogP contribution in [0.3, 0.4) is 0 Å². The third-order valence-electron chi connectivity index (χ3n) is 3.13. The lowest BCUT2D eigenvalue weighted by atomic mass is 9.67. The van der Waals surface area contributed by atoms with Gasteiger partial charge in [-0.3, -0.25) is 4.79 Å². The van der Waals surface area contributed by atoms with E-state index in [1.165, 1.54) is 7.11 Å². The summed E-state index contributed by atoms with van der Waals surface area (Å²) in [5.74, 6) is -0.691. The van der Waals surface area contributed by atoms with Gasteiger partial charge in [-0.05, 0) is 18.9 Å². The summed E-state index contributed by atoms with van der Waals surface area (Å²) in [5, 5.41) is 19.1. The van der Waals surface area contributed by atoms with E-state index in [0.717, 1.165) is 0 Å². The lowest BCUT2D eigenvalue weighted by Crippen LogP contribution is -2.44. The van der Waals surface area contributed by atoms with E-state index in [1.807, 2.05) is 12.1 Å². The van der Waals surface area contributed by atoms with Gasteiger partial charge in [-0.2, -0.15) is 0 Å². The molecule has 0 amide bonds. The van der Waals surface area contributed by atoms with Crippen molar-refractivity contribution in [1.82, 2.24) is 0 Å². The summed E-state index contributed by atoms with van der Waals surface area (Å²) in [4.78, 5) is 10.7. The van der Waals surface area contributed by atoms with Crippen LogP contribution in [0.2, 0.25) is 0 Å². The number of carboxylic acid groups (broad SMARTS) is 1. The average molecular weight is 222 g/mol. The quantitative estimate of drug-likeness (QED) is 0.810. The number of hydrogen-bond donors (Lipinski definition) is 2. The fraction of sp³-hybridized carbons (Fsp3) is 0.417. The van der Waals surface area contributed by atoms with E-state index in [2.05, 4.69) is 0 Å². The Morgan fingerprint density at radius 3 is 2.62 bits per heavy atom. The summed E-state index contributed by atoms with van der Waals surface area (Å²) in [6.07, 6.45) is 0.505. The summed E-state index contributed by atoms with van der Waals surface area (Å²) in [5.41, 5.74) is -0.370. The molecule has 2 N–H and O–H groups in total. The van der Waals surface area contributed by atoms with Gasteiger partial charge in [-0.1, -0.05) is 18.2 Å². The minimum Gasteiger partial charge on any atom is -0.496 e. The Hall–Kier alpha value is -1.55. The van der Waals surface area contributed by atoms with Crippen LogP contribution in [0.4, 0.5) is 0 Å². The SMILES string of the molecule is COc1ccccc1C1(O)CC(C(=O)O)C1. The molecule has 2 rings (SSSR count). The molecular weight excluding hydrogens is 208 g/mol. The van der Waals surface area contributed by atoms with Crippen LogP contribution in [0.1, 0.15) is 18.4 Å². The van der Waals surface area contributed by atoms with Gasteiger partial charge in [0.05, 0.1) is 18.6 Å². The first-order valence-electron chi connectivity index (χ1n) is 5.15. The van der Waals surface area contributed by atoms with Crippen molar-refractivity contribution >= 4 is 5.97 Å². The molecule has 16 heavy (non-hydrogen) atoms. The van der Waals surface area contributed by atoms with E-state index >= 15 is 0 Å². The van der Waals surface area contributed by atoms with E-state index in [-0.39, 0.29) is 12.8 Å². The molecule has 1 aliphatic carbocycles. The second-order valence-corrected chi connectivity index (χ2v) is 4.18. The Balaban J connectivity index is 2.23. The highest BCUT2D eigenvalue weighted by atomic mass is 16.5. The average Bonchev–Trinajstić information content (AvgIpc) is 2.24. The lowest BCUT2D eigenvalue weighted by Gasteiger charge is -2.42. The molecule has 0 aromatic heterocycles. The molecule has 0 aliphatic heterocycles. The Morgan fingerprint density at radius 1 is 1.44 bits per heavy atom. The molecular formula is C12H14O4. The van der Waals surface area contributed by atoms with E-state index in [0.29, 0.717) is 11.3 Å². The van der Waals surface area contributed by atoms with Crippen LogP contribution in [0, 0.1) is 5.92 Å². The molecule has 1 saturated carbocycles. The van der Waals surface area contributed by atoms with Gasteiger partial charge >= 0.3 is 5.97 Å². The lowest BCUT2D eigenvalue weighted by molar-refractivity contribution is -0.159. The van der Waals surface area contributed by atoms with E-state index in [1.54, 1.807) is 12.1 Å². The summed E-state index contributed by atoms with van der Waals surface area (Å²) in [7, 11) is 1.54. The first-order chi connectivity index (χ1) is 7.57. The second-order valence-electron chi connectivity index (χ2n) is 4.18. The monoisotopic (exact) mass is 222 g/mol. The number of methoxy groups -OCH3 is 1.